The quantitative estimate of drug-likeness (QED) is 0.781. The maximum atomic E-state index is 12.3. The summed E-state index contributed by atoms with van der Waals surface area (Å²) in [5, 5.41) is 11.9. The van der Waals surface area contributed by atoms with Gasteiger partial charge in [-0.25, -0.2) is 4.79 Å². The number of carboxylic acid groups (broad SMARTS) is 1. The van der Waals surface area contributed by atoms with Gasteiger partial charge in [-0.2, -0.15) is 0 Å². The topological polar surface area (TPSA) is 88.8 Å². The second kappa shape index (κ2) is 7.53. The molecule has 0 aliphatic carbocycles. The van der Waals surface area contributed by atoms with Gasteiger partial charge in [-0.1, -0.05) is 13.0 Å². The van der Waals surface area contributed by atoms with Crippen molar-refractivity contribution in [2.45, 2.75) is 26.3 Å². The highest BCUT2D eigenvalue weighted by Gasteiger charge is 2.25. The van der Waals surface area contributed by atoms with E-state index in [2.05, 4.69) is 21.2 Å². The maximum Gasteiger partial charge on any atom is 0.330 e. The summed E-state index contributed by atoms with van der Waals surface area (Å²) in [6, 6.07) is 5.23. The minimum Gasteiger partial charge on any atom is -0.496 e. The first kappa shape index (κ1) is 18.1. The van der Waals surface area contributed by atoms with Gasteiger partial charge < -0.3 is 19.6 Å². The number of amides is 1. The van der Waals surface area contributed by atoms with Gasteiger partial charge in [0.2, 0.25) is 0 Å². The number of rotatable bonds is 6. The lowest BCUT2D eigenvalue weighted by molar-refractivity contribution is -0.139. The molecule has 0 spiro atoms. The van der Waals surface area contributed by atoms with Crippen LogP contribution in [0.2, 0.25) is 0 Å². The van der Waals surface area contributed by atoms with Crippen molar-refractivity contribution in [3.05, 3.63) is 51.4 Å². The molecule has 1 atom stereocenters. The molecule has 2 rings (SSSR count). The van der Waals surface area contributed by atoms with Crippen LogP contribution in [0, 0.1) is 6.92 Å². The minimum absolute atomic E-state index is 0.100. The zero-order valence-corrected chi connectivity index (χ0v) is 15.1. The lowest BCUT2D eigenvalue weighted by atomic mass is 10.1. The highest BCUT2D eigenvalue weighted by Crippen LogP contribution is 2.28. The van der Waals surface area contributed by atoms with Gasteiger partial charge in [0.25, 0.3) is 5.91 Å². The molecule has 0 aliphatic heterocycles. The third-order valence-electron chi connectivity index (χ3n) is 3.60. The smallest absolute Gasteiger partial charge is 0.330 e. The van der Waals surface area contributed by atoms with E-state index in [9.17, 15) is 14.7 Å². The Morgan fingerprint density at radius 2 is 2.08 bits per heavy atom. The molecule has 0 fully saturated rings. The van der Waals surface area contributed by atoms with Gasteiger partial charge in [-0.05, 0) is 52.2 Å². The third-order valence-corrected chi connectivity index (χ3v) is 4.22. The fraction of sp³-hybridized carbons (Fsp3) is 0.294. The van der Waals surface area contributed by atoms with Crippen LogP contribution in [0.1, 0.15) is 40.4 Å². The molecule has 0 radical (unpaired) electrons. The van der Waals surface area contributed by atoms with Gasteiger partial charge in [-0.15, -0.1) is 0 Å². The molecule has 0 bridgehead atoms. The second-order valence-electron chi connectivity index (χ2n) is 5.21. The van der Waals surface area contributed by atoms with E-state index in [0.717, 1.165) is 5.56 Å². The monoisotopic (exact) mass is 395 g/mol. The van der Waals surface area contributed by atoms with Crippen molar-refractivity contribution in [1.82, 2.24) is 5.32 Å². The molecule has 24 heavy (non-hydrogen) atoms. The SMILES string of the molecule is CCc1oc(C(=O)NC(C(=O)O)c2ccc(OC)c(Br)c2)cc1C. The number of halogens is 1. The van der Waals surface area contributed by atoms with Crippen LogP contribution in [-0.4, -0.2) is 24.1 Å². The average Bonchev–Trinajstić information content (AvgIpc) is 2.93. The molecule has 1 unspecified atom stereocenters. The number of ether oxygens (including phenoxy) is 1. The summed E-state index contributed by atoms with van der Waals surface area (Å²) in [4.78, 5) is 23.9. The Hall–Kier alpha value is -2.28. The highest BCUT2D eigenvalue weighted by atomic mass is 79.9. The molecule has 1 heterocycles. The Balaban J connectivity index is 2.26. The summed E-state index contributed by atoms with van der Waals surface area (Å²) in [7, 11) is 1.51. The molecule has 0 saturated heterocycles. The van der Waals surface area contributed by atoms with Gasteiger partial charge in [0, 0.05) is 6.42 Å². The molecule has 7 heteroatoms. The third kappa shape index (κ3) is 3.79. The Morgan fingerprint density at radius 1 is 1.38 bits per heavy atom. The fourth-order valence-corrected chi connectivity index (χ4v) is 2.89. The van der Waals surface area contributed by atoms with Crippen LogP contribution in [0.15, 0.2) is 33.2 Å². The molecule has 0 aliphatic rings. The molecule has 1 aromatic carbocycles. The van der Waals surface area contributed by atoms with Crippen molar-refractivity contribution in [2.24, 2.45) is 0 Å². The first-order valence-electron chi connectivity index (χ1n) is 7.33. The predicted molar refractivity (Wildman–Crippen MR) is 91.4 cm³/mol. The Labute approximate surface area is 147 Å². The number of carbonyl (C=O) groups excluding carboxylic acids is 1. The number of hydrogen-bond donors (Lipinski definition) is 2. The number of benzene rings is 1. The summed E-state index contributed by atoms with van der Waals surface area (Å²) in [5.41, 5.74) is 1.28. The molecule has 6 nitrogen and oxygen atoms in total. The zero-order valence-electron chi connectivity index (χ0n) is 13.6. The van der Waals surface area contributed by atoms with Crippen LogP contribution in [0.4, 0.5) is 0 Å². The first-order chi connectivity index (χ1) is 11.4. The van der Waals surface area contributed by atoms with Crippen molar-refractivity contribution in [3.63, 3.8) is 0 Å². The van der Waals surface area contributed by atoms with E-state index < -0.39 is 17.9 Å². The van der Waals surface area contributed by atoms with Crippen LogP contribution in [0.3, 0.4) is 0 Å². The summed E-state index contributed by atoms with van der Waals surface area (Å²) in [5.74, 6) is -0.359. The minimum atomic E-state index is -1.20. The van der Waals surface area contributed by atoms with Crippen molar-refractivity contribution in [1.29, 1.82) is 0 Å². The van der Waals surface area contributed by atoms with Gasteiger partial charge in [0.05, 0.1) is 11.6 Å². The van der Waals surface area contributed by atoms with E-state index >= 15 is 0 Å². The van der Waals surface area contributed by atoms with E-state index in [4.69, 9.17) is 9.15 Å². The normalized spacial score (nSPS) is 11.8. The van der Waals surface area contributed by atoms with Crippen LogP contribution in [-0.2, 0) is 11.2 Å². The summed E-state index contributed by atoms with van der Waals surface area (Å²) in [6.07, 6.45) is 0.660. The molecule has 128 valence electrons. The number of aliphatic carboxylic acids is 1. The van der Waals surface area contributed by atoms with E-state index in [1.165, 1.54) is 7.11 Å². The first-order valence-corrected chi connectivity index (χ1v) is 8.13. The van der Waals surface area contributed by atoms with E-state index in [0.29, 0.717) is 28.0 Å². The van der Waals surface area contributed by atoms with Crippen molar-refractivity contribution in [2.75, 3.05) is 7.11 Å². The highest BCUT2D eigenvalue weighted by molar-refractivity contribution is 9.10. The van der Waals surface area contributed by atoms with Gasteiger partial charge >= 0.3 is 5.97 Å². The van der Waals surface area contributed by atoms with Crippen LogP contribution < -0.4 is 10.1 Å². The molecular weight excluding hydrogens is 378 g/mol. The number of aryl methyl sites for hydroxylation is 2. The van der Waals surface area contributed by atoms with Crippen molar-refractivity contribution >= 4 is 27.8 Å². The van der Waals surface area contributed by atoms with E-state index in [1.807, 2.05) is 13.8 Å². The summed E-state index contributed by atoms with van der Waals surface area (Å²) in [6.45, 7) is 3.76. The summed E-state index contributed by atoms with van der Waals surface area (Å²) >= 11 is 3.31. The number of nitrogens with one attached hydrogen (secondary N) is 1. The second-order valence-corrected chi connectivity index (χ2v) is 6.06. The molecule has 2 aromatic rings. The number of methoxy groups -OCH3 is 1. The lowest BCUT2D eigenvalue weighted by Gasteiger charge is -2.15. The Bertz CT molecular complexity index is 768. The largest absolute Gasteiger partial charge is 0.496 e. The molecule has 1 aromatic heterocycles. The molecule has 2 N–H and O–H groups in total. The number of carbonyl (C=O) groups is 2. The molecular formula is C17H18BrNO5. The van der Waals surface area contributed by atoms with E-state index in [1.54, 1.807) is 24.3 Å². The van der Waals surface area contributed by atoms with E-state index in [-0.39, 0.29) is 5.76 Å². The van der Waals surface area contributed by atoms with Crippen LogP contribution in [0.5, 0.6) is 5.75 Å². The van der Waals surface area contributed by atoms with Gasteiger partial charge in [0.15, 0.2) is 11.8 Å². The average molecular weight is 396 g/mol. The molecule has 0 saturated carbocycles. The van der Waals surface area contributed by atoms with Crippen molar-refractivity contribution in [3.8, 4) is 5.75 Å². The van der Waals surface area contributed by atoms with Crippen LogP contribution >= 0.6 is 15.9 Å². The lowest BCUT2D eigenvalue weighted by Crippen LogP contribution is -2.33. The van der Waals surface area contributed by atoms with Gasteiger partial charge in [0.1, 0.15) is 11.5 Å². The Morgan fingerprint density at radius 3 is 2.58 bits per heavy atom. The Kier molecular flexibility index (Phi) is 5.66. The van der Waals surface area contributed by atoms with Gasteiger partial charge in [-0.3, -0.25) is 4.79 Å². The zero-order chi connectivity index (χ0) is 17.9. The maximum absolute atomic E-state index is 12.3. The molecule has 1 amide bonds. The number of carboxylic acids is 1. The number of hydrogen-bond acceptors (Lipinski definition) is 4. The summed E-state index contributed by atoms with van der Waals surface area (Å²) < 4.78 is 11.2. The van der Waals surface area contributed by atoms with Crippen molar-refractivity contribution < 1.29 is 23.8 Å². The predicted octanol–water partition coefficient (Wildman–Crippen LogP) is 3.48. The standard InChI is InChI=1S/C17H18BrNO5/c1-4-12-9(2)7-14(24-12)16(20)19-15(17(21)22)10-5-6-13(23-3)11(18)8-10/h5-8,15H,4H2,1-3H3,(H,19,20)(H,21,22). The fourth-order valence-electron chi connectivity index (χ4n) is 2.33. The number of furan rings is 1. The van der Waals surface area contributed by atoms with Crippen LogP contribution in [0.25, 0.3) is 0 Å².